The van der Waals surface area contributed by atoms with E-state index < -0.39 is 21.7 Å². The van der Waals surface area contributed by atoms with E-state index in [-0.39, 0.29) is 41.7 Å². The third kappa shape index (κ3) is 4.00. The molecule has 0 bridgehead atoms. The maximum Gasteiger partial charge on any atom is 0.256 e. The molecule has 0 unspecified atom stereocenters. The standard InChI is InChI=1S/C19H20ClFN2O3S/c1-13-3-6-18(14(2)11-13)27(25,26)23-9-7-22(8-10-23)19(24)16-12-15(20)4-5-17(16)21/h3-6,11-12H,7-10H2,1-2H3. The molecule has 2 aromatic rings. The van der Waals surface area contributed by atoms with Gasteiger partial charge in [0, 0.05) is 31.2 Å². The molecule has 1 aliphatic rings. The number of nitrogens with zero attached hydrogens (tertiary/aromatic N) is 2. The number of amides is 1. The van der Waals surface area contributed by atoms with Crippen molar-refractivity contribution in [3.05, 3.63) is 63.9 Å². The number of benzene rings is 2. The van der Waals surface area contributed by atoms with Crippen LogP contribution >= 0.6 is 11.6 Å². The van der Waals surface area contributed by atoms with Crippen LogP contribution < -0.4 is 0 Å². The molecule has 8 heteroatoms. The van der Waals surface area contributed by atoms with Gasteiger partial charge in [0.1, 0.15) is 5.82 Å². The molecule has 144 valence electrons. The van der Waals surface area contributed by atoms with Crippen molar-refractivity contribution in [2.75, 3.05) is 26.2 Å². The number of aryl methyl sites for hydroxylation is 2. The van der Waals surface area contributed by atoms with Crippen LogP contribution in [0.1, 0.15) is 21.5 Å². The molecule has 2 aromatic carbocycles. The minimum Gasteiger partial charge on any atom is -0.336 e. The molecule has 1 amide bonds. The van der Waals surface area contributed by atoms with E-state index in [4.69, 9.17) is 11.6 Å². The van der Waals surface area contributed by atoms with Crippen molar-refractivity contribution in [1.82, 2.24) is 9.21 Å². The number of halogens is 2. The van der Waals surface area contributed by atoms with Gasteiger partial charge in [0.15, 0.2) is 0 Å². The van der Waals surface area contributed by atoms with Gasteiger partial charge in [-0.1, -0.05) is 29.3 Å². The van der Waals surface area contributed by atoms with E-state index in [9.17, 15) is 17.6 Å². The Hall–Kier alpha value is -1.96. The predicted octanol–water partition coefficient (Wildman–Crippen LogP) is 3.24. The van der Waals surface area contributed by atoms with E-state index in [0.717, 1.165) is 11.6 Å². The second-order valence-corrected chi connectivity index (χ2v) is 8.93. The zero-order valence-electron chi connectivity index (χ0n) is 15.1. The van der Waals surface area contributed by atoms with Crippen LogP contribution in [0.25, 0.3) is 0 Å². The Labute approximate surface area is 163 Å². The number of carbonyl (C=O) groups is 1. The van der Waals surface area contributed by atoms with Crippen LogP contribution in [-0.4, -0.2) is 49.7 Å². The lowest BCUT2D eigenvalue weighted by atomic mass is 10.1. The highest BCUT2D eigenvalue weighted by molar-refractivity contribution is 7.89. The number of sulfonamides is 1. The molecule has 27 heavy (non-hydrogen) atoms. The van der Waals surface area contributed by atoms with Gasteiger partial charge in [0.2, 0.25) is 10.0 Å². The Kier molecular flexibility index (Phi) is 5.55. The van der Waals surface area contributed by atoms with Crippen molar-refractivity contribution in [2.24, 2.45) is 0 Å². The molecule has 0 N–H and O–H groups in total. The van der Waals surface area contributed by atoms with Gasteiger partial charge in [-0.25, -0.2) is 12.8 Å². The summed E-state index contributed by atoms with van der Waals surface area (Å²) in [6.07, 6.45) is 0. The smallest absolute Gasteiger partial charge is 0.256 e. The van der Waals surface area contributed by atoms with E-state index in [0.29, 0.717) is 5.56 Å². The van der Waals surface area contributed by atoms with Crippen molar-refractivity contribution in [1.29, 1.82) is 0 Å². The van der Waals surface area contributed by atoms with Crippen molar-refractivity contribution in [2.45, 2.75) is 18.7 Å². The zero-order valence-corrected chi connectivity index (χ0v) is 16.6. The maximum atomic E-state index is 13.9. The average Bonchev–Trinajstić information content (AvgIpc) is 2.63. The lowest BCUT2D eigenvalue weighted by Gasteiger charge is -2.34. The molecule has 0 aliphatic carbocycles. The summed E-state index contributed by atoms with van der Waals surface area (Å²) in [4.78, 5) is 14.3. The van der Waals surface area contributed by atoms with Crippen LogP contribution in [0, 0.1) is 19.7 Å². The van der Waals surface area contributed by atoms with Crippen LogP contribution in [0.3, 0.4) is 0 Å². The Morgan fingerprint density at radius 3 is 2.33 bits per heavy atom. The molecule has 5 nitrogen and oxygen atoms in total. The van der Waals surface area contributed by atoms with Crippen molar-refractivity contribution in [3.8, 4) is 0 Å². The van der Waals surface area contributed by atoms with Gasteiger partial charge >= 0.3 is 0 Å². The van der Waals surface area contributed by atoms with Crippen LogP contribution in [-0.2, 0) is 10.0 Å². The molecule has 1 saturated heterocycles. The average molecular weight is 411 g/mol. The lowest BCUT2D eigenvalue weighted by molar-refractivity contribution is 0.0693. The van der Waals surface area contributed by atoms with E-state index in [1.807, 2.05) is 13.0 Å². The predicted molar refractivity (Wildman–Crippen MR) is 102 cm³/mol. The van der Waals surface area contributed by atoms with E-state index in [1.165, 1.54) is 21.3 Å². The van der Waals surface area contributed by atoms with Crippen molar-refractivity contribution in [3.63, 3.8) is 0 Å². The molecular formula is C19H20ClFN2O3S. The van der Waals surface area contributed by atoms with Crippen LogP contribution in [0.2, 0.25) is 5.02 Å². The lowest BCUT2D eigenvalue weighted by Crippen LogP contribution is -2.50. The summed E-state index contributed by atoms with van der Waals surface area (Å²) >= 11 is 5.85. The Balaban J connectivity index is 1.75. The topological polar surface area (TPSA) is 57.7 Å². The Morgan fingerprint density at radius 1 is 1.04 bits per heavy atom. The molecule has 1 aliphatic heterocycles. The van der Waals surface area contributed by atoms with Crippen LogP contribution in [0.5, 0.6) is 0 Å². The summed E-state index contributed by atoms with van der Waals surface area (Å²) in [5.74, 6) is -1.13. The monoisotopic (exact) mass is 410 g/mol. The third-order valence-corrected chi connectivity index (χ3v) is 6.93. The largest absolute Gasteiger partial charge is 0.336 e. The molecule has 1 heterocycles. The molecular weight excluding hydrogens is 391 g/mol. The second-order valence-electron chi connectivity index (χ2n) is 6.59. The SMILES string of the molecule is Cc1ccc(S(=O)(=O)N2CCN(C(=O)c3cc(Cl)ccc3F)CC2)c(C)c1. The summed E-state index contributed by atoms with van der Waals surface area (Å²) in [5, 5.41) is 0.274. The number of hydrogen-bond acceptors (Lipinski definition) is 3. The summed E-state index contributed by atoms with van der Waals surface area (Å²) < 4.78 is 41.1. The first kappa shape index (κ1) is 19.8. The minimum absolute atomic E-state index is 0.104. The maximum absolute atomic E-state index is 13.9. The molecule has 0 atom stereocenters. The number of piperazine rings is 1. The number of rotatable bonds is 3. The van der Waals surface area contributed by atoms with Gasteiger partial charge in [-0.3, -0.25) is 4.79 Å². The highest BCUT2D eigenvalue weighted by atomic mass is 35.5. The summed E-state index contributed by atoms with van der Waals surface area (Å²) in [7, 11) is -3.64. The quantitative estimate of drug-likeness (QED) is 0.780. The van der Waals surface area contributed by atoms with Gasteiger partial charge in [-0.15, -0.1) is 0 Å². The third-order valence-electron chi connectivity index (χ3n) is 4.63. The van der Waals surface area contributed by atoms with Crippen molar-refractivity contribution < 1.29 is 17.6 Å². The first-order valence-electron chi connectivity index (χ1n) is 8.52. The highest BCUT2D eigenvalue weighted by Crippen LogP contribution is 2.23. The van der Waals surface area contributed by atoms with E-state index >= 15 is 0 Å². The number of carbonyl (C=O) groups excluding carboxylic acids is 1. The first-order valence-corrected chi connectivity index (χ1v) is 10.3. The van der Waals surface area contributed by atoms with Gasteiger partial charge in [0.05, 0.1) is 10.5 Å². The highest BCUT2D eigenvalue weighted by Gasteiger charge is 2.32. The molecule has 0 aromatic heterocycles. The van der Waals surface area contributed by atoms with Crippen LogP contribution in [0.4, 0.5) is 4.39 Å². The fraction of sp³-hybridized carbons (Fsp3) is 0.316. The van der Waals surface area contributed by atoms with Crippen LogP contribution in [0.15, 0.2) is 41.3 Å². The molecule has 0 saturated carbocycles. The Bertz CT molecular complexity index is 986. The fourth-order valence-corrected chi connectivity index (χ4v) is 4.99. The van der Waals surface area contributed by atoms with Crippen molar-refractivity contribution >= 4 is 27.5 Å². The summed E-state index contributed by atoms with van der Waals surface area (Å²) in [5.41, 5.74) is 1.58. The molecule has 1 fully saturated rings. The van der Waals surface area contributed by atoms with Gasteiger partial charge in [0.25, 0.3) is 5.91 Å². The Morgan fingerprint density at radius 2 is 1.70 bits per heavy atom. The molecule has 0 radical (unpaired) electrons. The number of hydrogen-bond donors (Lipinski definition) is 0. The summed E-state index contributed by atoms with van der Waals surface area (Å²) in [6.45, 7) is 4.36. The molecule has 0 spiro atoms. The van der Waals surface area contributed by atoms with E-state index in [2.05, 4.69) is 0 Å². The second kappa shape index (κ2) is 7.58. The van der Waals surface area contributed by atoms with E-state index in [1.54, 1.807) is 19.1 Å². The first-order chi connectivity index (χ1) is 12.7. The van der Waals surface area contributed by atoms with Gasteiger partial charge in [-0.05, 0) is 43.7 Å². The van der Waals surface area contributed by atoms with Gasteiger partial charge in [-0.2, -0.15) is 4.31 Å². The summed E-state index contributed by atoms with van der Waals surface area (Å²) in [6, 6.07) is 9.02. The normalized spacial score (nSPS) is 15.8. The molecule has 3 rings (SSSR count). The minimum atomic E-state index is -3.64. The fourth-order valence-electron chi connectivity index (χ4n) is 3.19. The van der Waals surface area contributed by atoms with Gasteiger partial charge < -0.3 is 4.90 Å². The zero-order chi connectivity index (χ0) is 19.8.